The molecule has 0 aliphatic heterocycles. The number of hydrogen-bond donors (Lipinski definition) is 1. The predicted molar refractivity (Wildman–Crippen MR) is 55.5 cm³/mol. The van der Waals surface area contributed by atoms with Crippen LogP contribution in [0, 0.1) is 6.92 Å². The number of rotatable bonds is 5. The van der Waals surface area contributed by atoms with Crippen molar-refractivity contribution in [2.75, 3.05) is 19.5 Å². The molecule has 1 aromatic heterocycles. The van der Waals surface area contributed by atoms with Gasteiger partial charge in [0.05, 0.1) is 6.04 Å². The molecule has 0 aliphatic rings. The molecule has 1 N–H and O–H groups in total. The molecule has 0 aliphatic carbocycles. The number of anilines is 1. The smallest absolute Gasteiger partial charge is 0.206 e. The molecule has 0 saturated carbocycles. The van der Waals surface area contributed by atoms with Crippen LogP contribution < -0.4 is 5.32 Å². The highest BCUT2D eigenvalue weighted by molar-refractivity contribution is 7.15. The van der Waals surface area contributed by atoms with Gasteiger partial charge >= 0.3 is 0 Å². The van der Waals surface area contributed by atoms with Gasteiger partial charge in [0.1, 0.15) is 5.01 Å². The highest BCUT2D eigenvalue weighted by Gasteiger charge is 2.16. The van der Waals surface area contributed by atoms with Crippen LogP contribution in [0.5, 0.6) is 0 Å². The quantitative estimate of drug-likeness (QED) is 0.753. The first kappa shape index (κ1) is 11.4. The molecular formula is C8H15N3O2S. The first-order chi connectivity index (χ1) is 6.67. The average molecular weight is 217 g/mol. The number of aromatic nitrogens is 2. The van der Waals surface area contributed by atoms with E-state index in [2.05, 4.69) is 15.5 Å². The Morgan fingerprint density at radius 2 is 1.93 bits per heavy atom. The van der Waals surface area contributed by atoms with Crippen molar-refractivity contribution in [2.24, 2.45) is 0 Å². The van der Waals surface area contributed by atoms with Crippen LogP contribution in [0.15, 0.2) is 0 Å². The van der Waals surface area contributed by atoms with Gasteiger partial charge in [-0.1, -0.05) is 11.3 Å². The van der Waals surface area contributed by atoms with E-state index in [1.165, 1.54) is 11.3 Å². The van der Waals surface area contributed by atoms with Crippen molar-refractivity contribution in [2.45, 2.75) is 26.2 Å². The van der Waals surface area contributed by atoms with Crippen molar-refractivity contribution in [1.82, 2.24) is 10.2 Å². The zero-order chi connectivity index (χ0) is 10.6. The van der Waals surface area contributed by atoms with Crippen LogP contribution in [0.2, 0.25) is 0 Å². The summed E-state index contributed by atoms with van der Waals surface area (Å²) in [4.78, 5) is 0. The monoisotopic (exact) mass is 217 g/mol. The number of ether oxygens (including phenoxy) is 2. The molecule has 0 radical (unpaired) electrons. The SMILES string of the molecule is COC(OC)C(C)Nc1nnc(C)s1. The number of nitrogens with zero attached hydrogens (tertiary/aromatic N) is 2. The molecule has 80 valence electrons. The highest BCUT2D eigenvalue weighted by Crippen LogP contribution is 2.16. The minimum atomic E-state index is -0.279. The van der Waals surface area contributed by atoms with Gasteiger partial charge in [-0.05, 0) is 13.8 Å². The second kappa shape index (κ2) is 5.23. The Balaban J connectivity index is 2.51. The number of methoxy groups -OCH3 is 2. The van der Waals surface area contributed by atoms with Crippen LogP contribution in [0.25, 0.3) is 0 Å². The standard InChI is InChI=1S/C8H15N3O2S/c1-5(7(12-3)13-4)9-8-11-10-6(2)14-8/h5,7H,1-4H3,(H,9,11). The van der Waals surface area contributed by atoms with Gasteiger partial charge in [0, 0.05) is 14.2 Å². The summed E-state index contributed by atoms with van der Waals surface area (Å²) in [5, 5.41) is 12.7. The van der Waals surface area contributed by atoms with Gasteiger partial charge in [-0.25, -0.2) is 0 Å². The fraction of sp³-hybridized carbons (Fsp3) is 0.750. The third-order valence-corrected chi connectivity index (χ3v) is 2.52. The van der Waals surface area contributed by atoms with Crippen molar-refractivity contribution >= 4 is 16.5 Å². The Labute approximate surface area is 87.4 Å². The molecule has 0 spiro atoms. The Bertz CT molecular complexity index is 275. The lowest BCUT2D eigenvalue weighted by Gasteiger charge is -2.21. The van der Waals surface area contributed by atoms with E-state index in [1.807, 2.05) is 13.8 Å². The first-order valence-electron chi connectivity index (χ1n) is 4.29. The molecule has 0 saturated heterocycles. The molecule has 0 fully saturated rings. The summed E-state index contributed by atoms with van der Waals surface area (Å²) in [6, 6.07) is 0.0392. The van der Waals surface area contributed by atoms with E-state index < -0.39 is 0 Å². The van der Waals surface area contributed by atoms with Crippen molar-refractivity contribution in [3.05, 3.63) is 5.01 Å². The lowest BCUT2D eigenvalue weighted by Crippen LogP contribution is -2.33. The Kier molecular flexibility index (Phi) is 4.24. The summed E-state index contributed by atoms with van der Waals surface area (Å²) in [7, 11) is 3.22. The first-order valence-corrected chi connectivity index (χ1v) is 5.11. The summed E-state index contributed by atoms with van der Waals surface area (Å²) in [5.74, 6) is 0. The summed E-state index contributed by atoms with van der Waals surface area (Å²) in [6.07, 6.45) is -0.279. The van der Waals surface area contributed by atoms with Gasteiger partial charge in [-0.3, -0.25) is 0 Å². The number of nitrogens with one attached hydrogen (secondary N) is 1. The summed E-state index contributed by atoms with van der Waals surface area (Å²) < 4.78 is 10.2. The van der Waals surface area contributed by atoms with Crippen LogP contribution in [0.3, 0.4) is 0 Å². The van der Waals surface area contributed by atoms with E-state index in [0.29, 0.717) is 0 Å². The maximum atomic E-state index is 5.11. The molecule has 0 bridgehead atoms. The molecule has 14 heavy (non-hydrogen) atoms. The van der Waals surface area contributed by atoms with Crippen LogP contribution in [0.4, 0.5) is 5.13 Å². The van der Waals surface area contributed by atoms with Gasteiger partial charge in [0.15, 0.2) is 6.29 Å². The third-order valence-electron chi connectivity index (χ3n) is 1.75. The van der Waals surface area contributed by atoms with Crippen molar-refractivity contribution in [3.8, 4) is 0 Å². The Morgan fingerprint density at radius 1 is 1.29 bits per heavy atom. The van der Waals surface area contributed by atoms with Crippen molar-refractivity contribution < 1.29 is 9.47 Å². The predicted octanol–water partition coefficient (Wildman–Crippen LogP) is 1.27. The van der Waals surface area contributed by atoms with Crippen LogP contribution >= 0.6 is 11.3 Å². The second-order valence-corrected chi connectivity index (χ2v) is 4.08. The second-order valence-electron chi connectivity index (χ2n) is 2.90. The van der Waals surface area contributed by atoms with E-state index in [9.17, 15) is 0 Å². The largest absolute Gasteiger partial charge is 0.354 e. The molecular weight excluding hydrogens is 202 g/mol. The molecule has 0 aromatic carbocycles. The maximum absolute atomic E-state index is 5.11. The Morgan fingerprint density at radius 3 is 2.36 bits per heavy atom. The molecule has 1 heterocycles. The zero-order valence-electron chi connectivity index (χ0n) is 8.77. The topological polar surface area (TPSA) is 56.3 Å². The normalized spacial score (nSPS) is 13.2. The fourth-order valence-electron chi connectivity index (χ4n) is 1.12. The van der Waals surface area contributed by atoms with Gasteiger partial charge in [-0.2, -0.15) is 0 Å². The summed E-state index contributed by atoms with van der Waals surface area (Å²) in [5.41, 5.74) is 0. The van der Waals surface area contributed by atoms with Crippen LogP contribution in [-0.4, -0.2) is 36.7 Å². The Hall–Kier alpha value is -0.720. The number of aryl methyl sites for hydroxylation is 1. The molecule has 1 atom stereocenters. The van der Waals surface area contributed by atoms with Gasteiger partial charge in [0.25, 0.3) is 0 Å². The van der Waals surface area contributed by atoms with Crippen molar-refractivity contribution in [1.29, 1.82) is 0 Å². The van der Waals surface area contributed by atoms with Gasteiger partial charge in [0.2, 0.25) is 5.13 Å². The van der Waals surface area contributed by atoms with E-state index in [4.69, 9.17) is 9.47 Å². The van der Waals surface area contributed by atoms with Crippen LogP contribution in [-0.2, 0) is 9.47 Å². The highest BCUT2D eigenvalue weighted by atomic mass is 32.1. The zero-order valence-corrected chi connectivity index (χ0v) is 9.59. The molecule has 1 unspecified atom stereocenters. The van der Waals surface area contributed by atoms with E-state index in [0.717, 1.165) is 10.1 Å². The van der Waals surface area contributed by atoms with Crippen molar-refractivity contribution in [3.63, 3.8) is 0 Å². The molecule has 0 amide bonds. The fourth-order valence-corrected chi connectivity index (χ4v) is 1.81. The minimum absolute atomic E-state index is 0.0392. The minimum Gasteiger partial charge on any atom is -0.354 e. The molecule has 5 nitrogen and oxygen atoms in total. The average Bonchev–Trinajstić information content (AvgIpc) is 2.53. The van der Waals surface area contributed by atoms with E-state index >= 15 is 0 Å². The molecule has 1 rings (SSSR count). The van der Waals surface area contributed by atoms with Gasteiger partial charge in [-0.15, -0.1) is 10.2 Å². The molecule has 1 aromatic rings. The lowest BCUT2D eigenvalue weighted by atomic mass is 10.3. The molecule has 6 heteroatoms. The van der Waals surface area contributed by atoms with Gasteiger partial charge < -0.3 is 14.8 Å². The maximum Gasteiger partial charge on any atom is 0.206 e. The summed E-state index contributed by atoms with van der Waals surface area (Å²) >= 11 is 1.51. The van der Waals surface area contributed by atoms with E-state index in [-0.39, 0.29) is 12.3 Å². The van der Waals surface area contributed by atoms with E-state index in [1.54, 1.807) is 14.2 Å². The van der Waals surface area contributed by atoms with Crippen LogP contribution in [0.1, 0.15) is 11.9 Å². The number of hydrogen-bond acceptors (Lipinski definition) is 6. The third kappa shape index (κ3) is 2.90. The summed E-state index contributed by atoms with van der Waals surface area (Å²) in [6.45, 7) is 3.88. The lowest BCUT2D eigenvalue weighted by molar-refractivity contribution is -0.109.